The van der Waals surface area contributed by atoms with Crippen molar-refractivity contribution < 1.29 is 51.5 Å². The van der Waals surface area contributed by atoms with Crippen molar-refractivity contribution in [1.82, 2.24) is 9.13 Å². The zero-order valence-electron chi connectivity index (χ0n) is 36.6. The molecule has 15 nitrogen and oxygen atoms in total. The quantitative estimate of drug-likeness (QED) is 0.0697. The van der Waals surface area contributed by atoms with E-state index in [1.807, 2.05) is 0 Å². The van der Waals surface area contributed by atoms with E-state index in [4.69, 9.17) is 53.8 Å². The normalized spacial score (nSPS) is 11.0. The molecule has 2 heterocycles. The van der Waals surface area contributed by atoms with E-state index in [9.17, 15) is 43.7 Å². The summed E-state index contributed by atoms with van der Waals surface area (Å²) in [5.74, 6) is -3.92. The predicted molar refractivity (Wildman–Crippen MR) is 254 cm³/mol. The maximum absolute atomic E-state index is 16.2. The second-order valence-corrected chi connectivity index (χ2v) is 16.1. The number of hydrogen-bond acceptors (Lipinski definition) is 11. The second-order valence-electron chi connectivity index (χ2n) is 14.9. The molecule has 360 valence electrons. The molecule has 6 aromatic carbocycles. The second kappa shape index (κ2) is 20.4. The molecule has 0 bridgehead atoms. The van der Waals surface area contributed by atoms with E-state index in [0.29, 0.717) is 22.6 Å². The first-order valence-electron chi connectivity index (χ1n) is 20.1. The highest BCUT2D eigenvalue weighted by molar-refractivity contribution is 6.39. The van der Waals surface area contributed by atoms with Crippen molar-refractivity contribution >= 4 is 68.0 Å². The highest BCUT2D eigenvalue weighted by Gasteiger charge is 2.33. The lowest BCUT2D eigenvalue weighted by Gasteiger charge is -2.18. The average molecular weight is 1020 g/mol. The van der Waals surface area contributed by atoms with Crippen LogP contribution in [0.5, 0.6) is 28.7 Å². The molecule has 0 fully saturated rings. The number of fused-ring (bicyclic) bond motifs is 2. The van der Waals surface area contributed by atoms with E-state index >= 15 is 8.78 Å². The Labute approximate surface area is 407 Å². The van der Waals surface area contributed by atoms with Crippen LogP contribution >= 0.6 is 34.8 Å². The summed E-state index contributed by atoms with van der Waals surface area (Å²) in [5.41, 5.74) is -5.68. The number of aromatic hydroxyl groups is 1. The van der Waals surface area contributed by atoms with Crippen LogP contribution in [0, 0.1) is 43.5 Å². The minimum absolute atomic E-state index is 0.00205. The number of ether oxygens (including phenoxy) is 4. The lowest BCUT2D eigenvalue weighted by atomic mass is 9.99. The Morgan fingerprint density at radius 1 is 0.557 bits per heavy atom. The lowest BCUT2D eigenvalue weighted by molar-refractivity contribution is -0.387. The number of rotatable bonds is 12. The van der Waals surface area contributed by atoms with Crippen molar-refractivity contribution in [3.8, 4) is 51.0 Å². The minimum Gasteiger partial charge on any atom is -0.501 e. The van der Waals surface area contributed by atoms with Crippen LogP contribution in [0.15, 0.2) is 107 Å². The molecule has 22 heteroatoms. The van der Waals surface area contributed by atoms with Gasteiger partial charge >= 0.3 is 22.5 Å². The van der Waals surface area contributed by atoms with E-state index in [-0.39, 0.29) is 67.6 Å². The summed E-state index contributed by atoms with van der Waals surface area (Å²) in [4.78, 5) is 47.5. The van der Waals surface area contributed by atoms with Gasteiger partial charge in [-0.15, -0.1) is 0 Å². The Hall–Kier alpha value is -7.87. The molecule has 0 atom stereocenters. The van der Waals surface area contributed by atoms with Gasteiger partial charge in [-0.3, -0.25) is 39.0 Å². The van der Waals surface area contributed by atoms with Gasteiger partial charge in [0.25, 0.3) is 0 Å². The number of hydrogen-bond donors (Lipinski definition) is 1. The van der Waals surface area contributed by atoms with Crippen LogP contribution in [-0.2, 0) is 13.1 Å². The molecular weight excluding hydrogens is 991 g/mol. The third-order valence-electron chi connectivity index (χ3n) is 11.0. The Balaban J connectivity index is 0.000000206. The highest BCUT2D eigenvalue weighted by Crippen LogP contribution is 2.46. The first kappa shape index (κ1) is 50.0. The molecule has 0 saturated heterocycles. The largest absolute Gasteiger partial charge is 0.501 e. The smallest absolute Gasteiger partial charge is 0.375 e. The molecule has 1 N–H and O–H groups in total. The van der Waals surface area contributed by atoms with Crippen molar-refractivity contribution in [2.75, 3.05) is 28.4 Å². The van der Waals surface area contributed by atoms with E-state index in [0.717, 1.165) is 27.3 Å². The van der Waals surface area contributed by atoms with E-state index in [2.05, 4.69) is 0 Å². The monoisotopic (exact) mass is 1020 g/mol. The van der Waals surface area contributed by atoms with Crippen molar-refractivity contribution in [2.24, 2.45) is 0 Å². The van der Waals surface area contributed by atoms with Gasteiger partial charge in [0.05, 0.1) is 89.0 Å². The zero-order valence-corrected chi connectivity index (χ0v) is 38.9. The predicted octanol–water partition coefficient (Wildman–Crippen LogP) is 11.5. The molecule has 0 saturated carbocycles. The van der Waals surface area contributed by atoms with Gasteiger partial charge in [0, 0.05) is 16.5 Å². The van der Waals surface area contributed by atoms with E-state index in [1.54, 1.807) is 48.5 Å². The molecule has 0 aliphatic rings. The summed E-state index contributed by atoms with van der Waals surface area (Å²) in [5, 5.41) is 32.0. The molecular formula is C48H33Cl3F4N4O11. The molecule has 0 aliphatic heterocycles. The van der Waals surface area contributed by atoms with Gasteiger partial charge in [-0.1, -0.05) is 71.2 Å². The van der Waals surface area contributed by atoms with Crippen LogP contribution in [0.1, 0.15) is 11.1 Å². The van der Waals surface area contributed by atoms with Crippen LogP contribution in [-0.4, -0.2) is 52.5 Å². The first-order valence-corrected chi connectivity index (χ1v) is 21.2. The summed E-state index contributed by atoms with van der Waals surface area (Å²) in [6.45, 7) is -0.545. The summed E-state index contributed by atoms with van der Waals surface area (Å²) in [7, 11) is 5.49. The van der Waals surface area contributed by atoms with E-state index < -0.39 is 77.5 Å². The lowest BCUT2D eigenvalue weighted by Crippen LogP contribution is -2.25. The van der Waals surface area contributed by atoms with Gasteiger partial charge in [0.15, 0.2) is 11.6 Å². The Morgan fingerprint density at radius 2 is 0.943 bits per heavy atom. The van der Waals surface area contributed by atoms with Gasteiger partial charge in [-0.25, -0.2) is 17.6 Å². The van der Waals surface area contributed by atoms with E-state index in [1.165, 1.54) is 58.8 Å². The number of halogens is 7. The number of aromatic nitrogens is 2. The minimum atomic E-state index is -1.25. The molecule has 0 aliphatic carbocycles. The van der Waals surface area contributed by atoms with Gasteiger partial charge in [0.2, 0.25) is 5.75 Å². The topological polar surface area (TPSA) is 187 Å². The number of nitrogens with zero attached hydrogens (tertiary/aromatic N) is 4. The third kappa shape index (κ3) is 9.08. The van der Waals surface area contributed by atoms with Crippen molar-refractivity contribution in [3.63, 3.8) is 0 Å². The average Bonchev–Trinajstić information content (AvgIpc) is 3.33. The van der Waals surface area contributed by atoms with Crippen LogP contribution in [0.4, 0.5) is 28.9 Å². The van der Waals surface area contributed by atoms with Crippen LogP contribution in [0.25, 0.3) is 44.1 Å². The first-order chi connectivity index (χ1) is 33.4. The fourth-order valence-electron chi connectivity index (χ4n) is 7.75. The number of pyridine rings is 2. The molecule has 0 amide bonds. The standard InChI is InChI=1S/C24H16Cl2F2N2O5.C24H17ClF2N2O6/c1-34-13-8-6-12(7-9-13)11-29-22-14(20(26)23(24(29)31)30(32)33)10-15(25)18(21(22)28)19-16(27)4-3-5-17(19)35-2;1-34-13-8-6-12(7-9-13)11-28-21-14(23(30)22(24(28)31)29(32)33)10-15(25)18(20(21)27)19-16(26)4-3-5-17(19)35-2/h3-10H,11H2,1-2H3;3-10,30H,11H2,1-2H3. The fraction of sp³-hybridized carbons (Fsp3) is 0.125. The summed E-state index contributed by atoms with van der Waals surface area (Å²) in [6.07, 6.45) is 0. The number of nitro groups is 2. The van der Waals surface area contributed by atoms with Crippen molar-refractivity contribution in [3.05, 3.63) is 187 Å². The highest BCUT2D eigenvalue weighted by atomic mass is 35.5. The van der Waals surface area contributed by atoms with Crippen LogP contribution in [0.3, 0.4) is 0 Å². The molecule has 0 radical (unpaired) electrons. The Kier molecular flexibility index (Phi) is 14.6. The molecule has 8 aromatic rings. The maximum atomic E-state index is 16.2. The van der Waals surface area contributed by atoms with Gasteiger partial charge in [-0.2, -0.15) is 0 Å². The summed E-state index contributed by atoms with van der Waals surface area (Å²) < 4.78 is 84.2. The van der Waals surface area contributed by atoms with Gasteiger partial charge < -0.3 is 24.1 Å². The molecule has 0 spiro atoms. The van der Waals surface area contributed by atoms with Crippen LogP contribution in [0.2, 0.25) is 15.1 Å². The third-order valence-corrected chi connectivity index (χ3v) is 12.0. The number of methoxy groups -OCH3 is 4. The fourth-order valence-corrected chi connectivity index (χ4v) is 8.61. The molecule has 8 rings (SSSR count). The van der Waals surface area contributed by atoms with Gasteiger partial charge in [-0.05, 0) is 71.8 Å². The summed E-state index contributed by atoms with van der Waals surface area (Å²) in [6, 6.07) is 22.8. The van der Waals surface area contributed by atoms with Gasteiger partial charge in [0.1, 0.15) is 39.7 Å². The zero-order chi connectivity index (χ0) is 50.9. The maximum Gasteiger partial charge on any atom is 0.375 e. The van der Waals surface area contributed by atoms with Crippen molar-refractivity contribution in [1.29, 1.82) is 0 Å². The Bertz CT molecular complexity index is 3310. The van der Waals surface area contributed by atoms with Crippen LogP contribution < -0.4 is 30.1 Å². The SMILES string of the molecule is COc1ccc(Cn2c(=O)c([N+](=O)[O-])c(Cl)c3cc(Cl)c(-c4c(F)cccc4OC)c(F)c32)cc1.COc1ccc(Cn2c(=O)c([N+](=O)[O-])c(O)c3cc(Cl)c(-c4c(F)cccc4OC)c(F)c32)cc1. The molecule has 0 unspecified atom stereocenters. The summed E-state index contributed by atoms with van der Waals surface area (Å²) >= 11 is 18.8. The number of benzene rings is 6. The Morgan fingerprint density at radius 3 is 1.33 bits per heavy atom. The molecule has 70 heavy (non-hydrogen) atoms. The molecule has 2 aromatic heterocycles. The van der Waals surface area contributed by atoms with Crippen molar-refractivity contribution in [2.45, 2.75) is 13.1 Å².